The summed E-state index contributed by atoms with van der Waals surface area (Å²) in [6, 6.07) is 1.54. The third kappa shape index (κ3) is 3.13. The van der Waals surface area contributed by atoms with E-state index in [0.717, 1.165) is 0 Å². The fourth-order valence-electron chi connectivity index (χ4n) is 1.62. The topological polar surface area (TPSA) is 76.9 Å². The van der Waals surface area contributed by atoms with Crippen LogP contribution in [0.3, 0.4) is 0 Å². The summed E-state index contributed by atoms with van der Waals surface area (Å²) < 4.78 is 29.3. The van der Waals surface area contributed by atoms with E-state index in [1.54, 1.807) is 11.5 Å². The van der Waals surface area contributed by atoms with Gasteiger partial charge in [-0.05, 0) is 35.8 Å². The van der Waals surface area contributed by atoms with Gasteiger partial charge >= 0.3 is 0 Å². The van der Waals surface area contributed by atoms with Gasteiger partial charge in [-0.1, -0.05) is 11.6 Å². The molecule has 20 heavy (non-hydrogen) atoms. The lowest BCUT2D eigenvalue weighted by Crippen LogP contribution is -2.14. The zero-order valence-corrected chi connectivity index (χ0v) is 13.9. The highest BCUT2D eigenvalue weighted by Gasteiger charge is 2.20. The van der Waals surface area contributed by atoms with Gasteiger partial charge in [-0.15, -0.1) is 0 Å². The van der Waals surface area contributed by atoms with Crippen molar-refractivity contribution in [2.45, 2.75) is 25.4 Å². The first-order chi connectivity index (χ1) is 9.33. The second-order valence-corrected chi connectivity index (χ2v) is 6.91. The Labute approximate surface area is 130 Å². The Morgan fingerprint density at radius 2 is 2.20 bits per heavy atom. The van der Waals surface area contributed by atoms with Gasteiger partial charge in [-0.25, -0.2) is 9.97 Å². The van der Waals surface area contributed by atoms with E-state index in [2.05, 4.69) is 30.6 Å². The molecule has 0 aromatic carbocycles. The maximum atomic E-state index is 12.3. The molecule has 0 aliphatic rings. The maximum absolute atomic E-state index is 12.3. The zero-order valence-electron chi connectivity index (χ0n) is 10.8. The quantitative estimate of drug-likeness (QED) is 0.829. The Morgan fingerprint density at radius 3 is 2.80 bits per heavy atom. The molecule has 6 nitrogen and oxygen atoms in total. The smallest absolute Gasteiger partial charge is 0.281 e. The number of nitrogens with zero attached hydrogens (tertiary/aromatic N) is 3. The van der Waals surface area contributed by atoms with Gasteiger partial charge in [0.25, 0.3) is 10.0 Å². The van der Waals surface area contributed by atoms with Crippen LogP contribution >= 0.6 is 27.5 Å². The molecule has 0 amide bonds. The number of hydrogen-bond acceptors (Lipinski definition) is 4. The van der Waals surface area contributed by atoms with Crippen LogP contribution in [0.2, 0.25) is 5.15 Å². The van der Waals surface area contributed by atoms with Crippen LogP contribution in [0.4, 0.5) is 5.69 Å². The molecule has 0 saturated heterocycles. The molecule has 2 aromatic heterocycles. The molecule has 0 bridgehead atoms. The molecule has 2 aromatic rings. The van der Waals surface area contributed by atoms with Crippen molar-refractivity contribution in [3.8, 4) is 0 Å². The van der Waals surface area contributed by atoms with E-state index in [4.69, 9.17) is 11.6 Å². The molecule has 0 spiro atoms. The number of aryl methyl sites for hydroxylation is 2. The van der Waals surface area contributed by atoms with Gasteiger partial charge in [0.2, 0.25) is 0 Å². The summed E-state index contributed by atoms with van der Waals surface area (Å²) in [4.78, 5) is 7.90. The Morgan fingerprint density at radius 1 is 1.50 bits per heavy atom. The molecule has 108 valence electrons. The summed E-state index contributed by atoms with van der Waals surface area (Å²) in [5.41, 5.74) is 0.199. The predicted molar refractivity (Wildman–Crippen MR) is 80.4 cm³/mol. The van der Waals surface area contributed by atoms with Crippen molar-refractivity contribution < 1.29 is 8.42 Å². The van der Waals surface area contributed by atoms with E-state index in [9.17, 15) is 8.42 Å². The minimum Gasteiger partial charge on any atom is -0.334 e. The van der Waals surface area contributed by atoms with E-state index in [1.165, 1.54) is 18.5 Å². The van der Waals surface area contributed by atoms with Gasteiger partial charge in [-0.2, -0.15) is 8.42 Å². The molecular weight excluding hydrogens is 368 g/mol. The lowest BCUT2D eigenvalue weighted by atomic mass is 10.4. The molecule has 9 heteroatoms. The molecule has 1 N–H and O–H groups in total. The molecule has 2 heterocycles. The lowest BCUT2D eigenvalue weighted by molar-refractivity contribution is 0.598. The van der Waals surface area contributed by atoms with Crippen LogP contribution in [0, 0.1) is 6.92 Å². The standard InChI is InChI=1S/C11H12BrClN4O2S/c1-3-17-6-10(15-7(17)2)20(18,19)16-9-4-8(12)5-14-11(9)13/h4-6,16H,3H2,1-2H3. The molecule has 0 saturated carbocycles. The molecular formula is C11H12BrClN4O2S. The van der Waals surface area contributed by atoms with Crippen LogP contribution in [0.1, 0.15) is 12.7 Å². The lowest BCUT2D eigenvalue weighted by Gasteiger charge is -2.07. The number of pyridine rings is 1. The van der Waals surface area contributed by atoms with Gasteiger partial charge < -0.3 is 4.57 Å². The number of hydrogen-bond donors (Lipinski definition) is 1. The maximum Gasteiger partial charge on any atom is 0.281 e. The van der Waals surface area contributed by atoms with Gasteiger partial charge in [0.15, 0.2) is 10.2 Å². The van der Waals surface area contributed by atoms with E-state index in [1.807, 2.05) is 6.92 Å². The first-order valence-corrected chi connectivity index (χ1v) is 8.36. The normalized spacial score (nSPS) is 11.6. The fourth-order valence-corrected chi connectivity index (χ4v) is 3.23. The largest absolute Gasteiger partial charge is 0.334 e. The number of halogens is 2. The molecule has 0 aliphatic heterocycles. The summed E-state index contributed by atoms with van der Waals surface area (Å²) in [6.45, 7) is 4.30. The molecule has 0 aliphatic carbocycles. The molecule has 0 radical (unpaired) electrons. The van der Waals surface area contributed by atoms with Crippen LogP contribution in [0.15, 0.2) is 28.0 Å². The van der Waals surface area contributed by atoms with Crippen molar-refractivity contribution in [2.75, 3.05) is 4.72 Å². The number of anilines is 1. The van der Waals surface area contributed by atoms with Crippen LogP contribution in [-0.2, 0) is 16.6 Å². The van der Waals surface area contributed by atoms with Gasteiger partial charge in [0.05, 0.1) is 5.69 Å². The highest BCUT2D eigenvalue weighted by Crippen LogP contribution is 2.25. The third-order valence-corrected chi connectivity index (χ3v) is 4.59. The van der Waals surface area contributed by atoms with E-state index < -0.39 is 10.0 Å². The number of rotatable bonds is 4. The monoisotopic (exact) mass is 378 g/mol. The van der Waals surface area contributed by atoms with Gasteiger partial charge in [0, 0.05) is 23.4 Å². The van der Waals surface area contributed by atoms with Crippen LogP contribution in [0.25, 0.3) is 0 Å². The van der Waals surface area contributed by atoms with Crippen LogP contribution in [-0.4, -0.2) is 23.0 Å². The first kappa shape index (κ1) is 15.3. The fraction of sp³-hybridized carbons (Fsp3) is 0.273. The number of aromatic nitrogens is 3. The number of nitrogens with one attached hydrogen (secondary N) is 1. The van der Waals surface area contributed by atoms with E-state index >= 15 is 0 Å². The molecule has 0 unspecified atom stereocenters. The summed E-state index contributed by atoms with van der Waals surface area (Å²) in [5, 5.41) is 0.0244. The molecule has 0 atom stereocenters. The second-order valence-electron chi connectivity index (χ2n) is 4.01. The van der Waals surface area contributed by atoms with Crippen molar-refractivity contribution in [3.63, 3.8) is 0 Å². The van der Waals surface area contributed by atoms with E-state index in [-0.39, 0.29) is 15.9 Å². The Hall–Kier alpha value is -1.12. The minimum absolute atomic E-state index is 0.0482. The first-order valence-electron chi connectivity index (χ1n) is 5.71. The van der Waals surface area contributed by atoms with Crippen molar-refractivity contribution >= 4 is 43.2 Å². The van der Waals surface area contributed by atoms with Crippen molar-refractivity contribution in [1.82, 2.24) is 14.5 Å². The SMILES string of the molecule is CCn1cc(S(=O)(=O)Nc2cc(Br)cnc2Cl)nc1C. The predicted octanol–water partition coefficient (Wildman–Crippen LogP) is 2.82. The van der Waals surface area contributed by atoms with Crippen molar-refractivity contribution in [1.29, 1.82) is 0 Å². The Bertz CT molecular complexity index is 745. The average molecular weight is 380 g/mol. The highest BCUT2D eigenvalue weighted by molar-refractivity contribution is 9.10. The second kappa shape index (κ2) is 5.71. The molecule has 2 rings (SSSR count). The third-order valence-electron chi connectivity index (χ3n) is 2.62. The zero-order chi connectivity index (χ0) is 14.9. The van der Waals surface area contributed by atoms with Crippen LogP contribution < -0.4 is 4.72 Å². The van der Waals surface area contributed by atoms with Crippen LogP contribution in [0.5, 0.6) is 0 Å². The number of sulfonamides is 1. The summed E-state index contributed by atoms with van der Waals surface area (Å²) in [5.74, 6) is 0.631. The van der Waals surface area contributed by atoms with Gasteiger partial charge in [-0.3, -0.25) is 4.72 Å². The summed E-state index contributed by atoms with van der Waals surface area (Å²) >= 11 is 9.08. The van der Waals surface area contributed by atoms with Crippen molar-refractivity contribution in [2.24, 2.45) is 0 Å². The average Bonchev–Trinajstić information content (AvgIpc) is 2.76. The Balaban J connectivity index is 2.37. The van der Waals surface area contributed by atoms with E-state index in [0.29, 0.717) is 16.8 Å². The van der Waals surface area contributed by atoms with Crippen molar-refractivity contribution in [3.05, 3.63) is 33.9 Å². The van der Waals surface area contributed by atoms with Gasteiger partial charge in [0.1, 0.15) is 5.82 Å². The molecule has 0 fully saturated rings. The number of imidazole rings is 1. The minimum atomic E-state index is -3.79. The Kier molecular flexibility index (Phi) is 4.36. The summed E-state index contributed by atoms with van der Waals surface area (Å²) in [7, 11) is -3.79. The highest BCUT2D eigenvalue weighted by atomic mass is 79.9. The summed E-state index contributed by atoms with van der Waals surface area (Å²) in [6.07, 6.45) is 2.97.